The molecule has 2 heterocycles. The highest BCUT2D eigenvalue weighted by atomic mass is 16.7. The van der Waals surface area contributed by atoms with Gasteiger partial charge in [-0.2, -0.15) is 0 Å². The Labute approximate surface area is 320 Å². The summed E-state index contributed by atoms with van der Waals surface area (Å²) in [6.07, 6.45) is -7.06. The SMILES string of the molecule is CC(C)=CCC[C@](C)(O[C@H]1O[C@@H](CO[C@@H]2O[C@@H](CO)[C@@H](O)[C@@H]2O)[C@H](O)[C@@H](O)[C@@H]1O)[C@@H]1CC[C@]2(C)[C@@H]1[C@H](O)C[C@@H]1[C@]3(C)CC[C@H](O)C(C)(C)[C@@H]3[C@H](O)C[C@@]12C. The molecule has 6 fully saturated rings. The predicted molar refractivity (Wildman–Crippen MR) is 196 cm³/mol. The molecule has 6 rings (SSSR count). The second-order valence-corrected chi connectivity index (χ2v) is 19.8. The molecule has 0 amide bonds. The monoisotopic (exact) mass is 770 g/mol. The lowest BCUT2D eigenvalue weighted by molar-refractivity contribution is -0.341. The van der Waals surface area contributed by atoms with Gasteiger partial charge in [0.2, 0.25) is 0 Å². The van der Waals surface area contributed by atoms with Gasteiger partial charge in [0.05, 0.1) is 37.1 Å². The van der Waals surface area contributed by atoms with Crippen LogP contribution in [0.25, 0.3) is 0 Å². The minimum absolute atomic E-state index is 0.109. The van der Waals surface area contributed by atoms with Crippen LogP contribution in [-0.4, -0.2) is 138 Å². The van der Waals surface area contributed by atoms with Crippen molar-refractivity contribution >= 4 is 0 Å². The molecule has 0 radical (unpaired) electrons. The number of fused-ring (bicyclic) bond motifs is 5. The maximum atomic E-state index is 12.4. The number of ether oxygens (including phenoxy) is 4. The summed E-state index contributed by atoms with van der Waals surface area (Å²) in [5, 5.41) is 98.8. The lowest BCUT2D eigenvalue weighted by atomic mass is 9.34. The first-order valence-electron chi connectivity index (χ1n) is 20.4. The number of hydrogen-bond acceptors (Lipinski definition) is 13. The molecule has 0 aromatic heterocycles. The van der Waals surface area contributed by atoms with Gasteiger partial charge in [-0.1, -0.05) is 46.3 Å². The van der Waals surface area contributed by atoms with Gasteiger partial charge in [-0.3, -0.25) is 0 Å². The summed E-state index contributed by atoms with van der Waals surface area (Å²) in [6, 6.07) is 0. The van der Waals surface area contributed by atoms with Crippen LogP contribution in [0.5, 0.6) is 0 Å². The zero-order chi connectivity index (χ0) is 39.9. The highest BCUT2D eigenvalue weighted by Gasteiger charge is 2.73. The van der Waals surface area contributed by atoms with Crippen molar-refractivity contribution in [2.45, 2.75) is 186 Å². The molecule has 0 aromatic rings. The van der Waals surface area contributed by atoms with E-state index in [2.05, 4.69) is 40.7 Å². The maximum absolute atomic E-state index is 12.4. The van der Waals surface area contributed by atoms with E-state index in [9.17, 15) is 46.0 Å². The number of hydrogen-bond donors (Lipinski definition) is 9. The molecule has 13 nitrogen and oxygen atoms in total. The lowest BCUT2D eigenvalue weighted by Gasteiger charge is -2.71. The van der Waals surface area contributed by atoms with E-state index in [-0.39, 0.29) is 46.5 Å². The summed E-state index contributed by atoms with van der Waals surface area (Å²) < 4.78 is 24.1. The summed E-state index contributed by atoms with van der Waals surface area (Å²) in [7, 11) is 0. The van der Waals surface area contributed by atoms with Crippen molar-refractivity contribution in [1.29, 1.82) is 0 Å². The molecule has 13 heteroatoms. The fourth-order valence-corrected chi connectivity index (χ4v) is 13.2. The Morgan fingerprint density at radius 3 is 2.04 bits per heavy atom. The Bertz CT molecular complexity index is 1360. The molecule has 0 unspecified atom stereocenters. The Morgan fingerprint density at radius 2 is 1.41 bits per heavy atom. The van der Waals surface area contributed by atoms with Crippen molar-refractivity contribution < 1.29 is 64.9 Å². The van der Waals surface area contributed by atoms with Crippen molar-refractivity contribution in [2.24, 2.45) is 45.3 Å². The van der Waals surface area contributed by atoms with E-state index in [0.717, 1.165) is 24.8 Å². The second-order valence-electron chi connectivity index (χ2n) is 19.8. The molecular weight excluding hydrogens is 700 g/mol. The van der Waals surface area contributed by atoms with Crippen molar-refractivity contribution in [3.63, 3.8) is 0 Å². The van der Waals surface area contributed by atoms with Crippen LogP contribution in [0, 0.1) is 45.3 Å². The van der Waals surface area contributed by atoms with Crippen LogP contribution in [-0.2, 0) is 18.9 Å². The highest BCUT2D eigenvalue weighted by molar-refractivity contribution is 5.22. The van der Waals surface area contributed by atoms with E-state index in [0.29, 0.717) is 32.1 Å². The smallest absolute Gasteiger partial charge is 0.187 e. The number of aliphatic hydroxyl groups is 9. The van der Waals surface area contributed by atoms with Crippen LogP contribution < -0.4 is 0 Å². The van der Waals surface area contributed by atoms with Gasteiger partial charge in [0, 0.05) is 0 Å². The van der Waals surface area contributed by atoms with Crippen molar-refractivity contribution in [1.82, 2.24) is 0 Å². The Hall–Kier alpha value is -0.780. The van der Waals surface area contributed by atoms with Crippen LogP contribution in [0.2, 0.25) is 0 Å². The Kier molecular flexibility index (Phi) is 12.0. The van der Waals surface area contributed by atoms with Gasteiger partial charge in [0.1, 0.15) is 42.7 Å². The largest absolute Gasteiger partial charge is 0.394 e. The molecule has 0 aromatic carbocycles. The molecule has 6 aliphatic rings. The van der Waals surface area contributed by atoms with Crippen molar-refractivity contribution in [3.8, 4) is 0 Å². The fourth-order valence-electron chi connectivity index (χ4n) is 13.2. The van der Waals surface area contributed by atoms with Gasteiger partial charge in [0.25, 0.3) is 0 Å². The first-order chi connectivity index (χ1) is 25.1. The van der Waals surface area contributed by atoms with E-state index in [1.807, 2.05) is 20.8 Å². The average Bonchev–Trinajstić information content (AvgIpc) is 3.61. The van der Waals surface area contributed by atoms with Crippen LogP contribution in [0.15, 0.2) is 11.6 Å². The summed E-state index contributed by atoms with van der Waals surface area (Å²) >= 11 is 0. The normalized spacial score (nSPS) is 52.5. The standard InChI is InChI=1S/C41H70O13/c1-20(2)10-9-13-41(8,54-36-33(50)31(48)30(47)25(53-36)19-51-35-32(49)29(46)24(18-42)52-35)21-11-15-39(6)28(21)22(43)16-26-38(5)14-12-27(45)37(3,4)34(38)23(44)17-40(26,39)7/h10,21-36,42-50H,9,11-19H2,1-8H3/t21-,22-,23-,24+,25+,26-,27+,28+,29-,30+,31-,32+,33+,34+,35-,36-,38+,39-,40+,41+/m1/s1. The first kappa shape index (κ1) is 42.8. The summed E-state index contributed by atoms with van der Waals surface area (Å²) in [4.78, 5) is 0. The molecule has 0 spiro atoms. The zero-order valence-electron chi connectivity index (χ0n) is 33.5. The number of aliphatic hydroxyl groups excluding tert-OH is 9. The maximum Gasteiger partial charge on any atom is 0.187 e. The summed E-state index contributed by atoms with van der Waals surface area (Å²) in [6.45, 7) is 16.1. The Morgan fingerprint density at radius 1 is 0.778 bits per heavy atom. The first-order valence-corrected chi connectivity index (χ1v) is 20.4. The average molecular weight is 771 g/mol. The van der Waals surface area contributed by atoms with E-state index in [4.69, 9.17) is 18.9 Å². The van der Waals surface area contributed by atoms with Gasteiger partial charge in [0.15, 0.2) is 12.6 Å². The molecule has 4 saturated carbocycles. The highest BCUT2D eigenvalue weighted by Crippen LogP contribution is 2.76. The van der Waals surface area contributed by atoms with Crippen molar-refractivity contribution in [3.05, 3.63) is 11.6 Å². The lowest BCUT2D eigenvalue weighted by Crippen LogP contribution is -2.70. The van der Waals surface area contributed by atoms with E-state index < -0.39 is 91.2 Å². The van der Waals surface area contributed by atoms with Crippen LogP contribution in [0.1, 0.15) is 107 Å². The molecule has 2 saturated heterocycles. The summed E-state index contributed by atoms with van der Waals surface area (Å²) in [5.74, 6) is -0.397. The number of rotatable bonds is 10. The number of allylic oxidation sites excluding steroid dienone is 2. The van der Waals surface area contributed by atoms with Crippen LogP contribution in [0.4, 0.5) is 0 Å². The van der Waals surface area contributed by atoms with E-state index in [1.165, 1.54) is 0 Å². The van der Waals surface area contributed by atoms with Gasteiger partial charge in [-0.15, -0.1) is 0 Å². The van der Waals surface area contributed by atoms with Gasteiger partial charge in [-0.05, 0) is 117 Å². The molecule has 312 valence electrons. The van der Waals surface area contributed by atoms with Gasteiger partial charge in [-0.25, -0.2) is 0 Å². The topological polar surface area (TPSA) is 219 Å². The third-order valence-corrected chi connectivity index (χ3v) is 16.2. The Balaban J connectivity index is 1.28. The molecule has 9 N–H and O–H groups in total. The quantitative estimate of drug-likeness (QED) is 0.145. The molecule has 4 aliphatic carbocycles. The molecule has 0 bridgehead atoms. The zero-order valence-corrected chi connectivity index (χ0v) is 33.5. The second kappa shape index (κ2) is 15.1. The van der Waals surface area contributed by atoms with Crippen LogP contribution >= 0.6 is 0 Å². The van der Waals surface area contributed by atoms with E-state index in [1.54, 1.807) is 0 Å². The fraction of sp³-hybridized carbons (Fsp3) is 0.951. The third-order valence-electron chi connectivity index (χ3n) is 16.2. The van der Waals surface area contributed by atoms with Crippen molar-refractivity contribution in [2.75, 3.05) is 13.2 Å². The third kappa shape index (κ3) is 6.76. The van der Waals surface area contributed by atoms with Gasteiger partial charge >= 0.3 is 0 Å². The van der Waals surface area contributed by atoms with E-state index >= 15 is 0 Å². The summed E-state index contributed by atoms with van der Waals surface area (Å²) in [5.41, 5.74) is -1.30. The predicted octanol–water partition coefficient (Wildman–Crippen LogP) is 1.76. The molecule has 2 aliphatic heterocycles. The molecule has 54 heavy (non-hydrogen) atoms. The minimum Gasteiger partial charge on any atom is -0.394 e. The molecular formula is C41H70O13. The minimum atomic E-state index is -1.66. The van der Waals surface area contributed by atoms with Crippen LogP contribution in [0.3, 0.4) is 0 Å². The molecule has 20 atom stereocenters. The van der Waals surface area contributed by atoms with Gasteiger partial charge < -0.3 is 64.9 Å².